The Hall–Kier alpha value is -3.23. The van der Waals surface area contributed by atoms with Gasteiger partial charge in [0.15, 0.2) is 11.9 Å². The first-order valence-corrected chi connectivity index (χ1v) is 8.52. The Kier molecular flexibility index (Phi) is 5.17. The molecule has 0 radical (unpaired) electrons. The fourth-order valence-corrected chi connectivity index (χ4v) is 3.11. The van der Waals surface area contributed by atoms with Crippen LogP contribution in [0.3, 0.4) is 0 Å². The third-order valence-electron chi connectivity index (χ3n) is 4.47. The van der Waals surface area contributed by atoms with E-state index in [1.165, 1.54) is 23.8 Å². The van der Waals surface area contributed by atoms with Gasteiger partial charge in [-0.1, -0.05) is 6.92 Å². The van der Waals surface area contributed by atoms with E-state index in [1.807, 2.05) is 6.07 Å². The molecule has 1 saturated heterocycles. The Labute approximate surface area is 159 Å². The van der Waals surface area contributed by atoms with Gasteiger partial charge in [-0.15, -0.1) is 0 Å². The van der Waals surface area contributed by atoms with Crippen molar-refractivity contribution in [1.29, 1.82) is 5.26 Å². The molecule has 3 heterocycles. The maximum absolute atomic E-state index is 11.8. The molecule has 2 aromatic rings. The van der Waals surface area contributed by atoms with Gasteiger partial charge in [0, 0.05) is 13.3 Å². The number of carbonyl (C=O) groups excluding carboxylic acids is 2. The number of carbonyl (C=O) groups is 2. The Balaban J connectivity index is 2.06. The van der Waals surface area contributed by atoms with Crippen molar-refractivity contribution in [2.45, 2.75) is 44.2 Å². The summed E-state index contributed by atoms with van der Waals surface area (Å²) in [5.41, 5.74) is 4.47. The first-order valence-electron chi connectivity index (χ1n) is 8.52. The number of aliphatic hydroxyl groups is 1. The van der Waals surface area contributed by atoms with Gasteiger partial charge in [0.05, 0.1) is 5.69 Å². The number of aliphatic hydroxyl groups excluding tert-OH is 1. The van der Waals surface area contributed by atoms with Crippen molar-refractivity contribution in [1.82, 2.24) is 14.6 Å². The van der Waals surface area contributed by atoms with Gasteiger partial charge in [0.25, 0.3) is 0 Å². The number of fused-ring (bicyclic) bond motifs is 1. The second kappa shape index (κ2) is 7.41. The number of esters is 2. The van der Waals surface area contributed by atoms with E-state index in [2.05, 4.69) is 10.1 Å². The second-order valence-electron chi connectivity index (χ2n) is 6.22. The monoisotopic (exact) mass is 389 g/mol. The second-order valence-corrected chi connectivity index (χ2v) is 6.22. The standard InChI is InChI=1S/C17H19N5O6/c1-3-13(24)27-14-11(6-26-9(2)23)28-17(7-18,15(14)25)12-5-4-10-16(19)20-8-21-22(10)12/h4-5,8,11,14-15,25H,3,6H2,1-2H3,(H2,19,20,21)/t11-,14-,15-,17+/m1/s1. The van der Waals surface area contributed by atoms with Gasteiger partial charge < -0.3 is 25.1 Å². The van der Waals surface area contributed by atoms with Crippen LogP contribution in [0.15, 0.2) is 18.5 Å². The van der Waals surface area contributed by atoms with E-state index >= 15 is 0 Å². The predicted octanol–water partition coefficient (Wildman–Crippen LogP) is -0.325. The quantitative estimate of drug-likeness (QED) is 0.648. The highest BCUT2D eigenvalue weighted by atomic mass is 16.6. The molecule has 0 amide bonds. The van der Waals surface area contributed by atoms with Gasteiger partial charge in [-0.2, -0.15) is 10.4 Å². The van der Waals surface area contributed by atoms with Crippen LogP contribution in [0, 0.1) is 11.3 Å². The Bertz CT molecular complexity index is 953. The topological polar surface area (TPSA) is 162 Å². The molecule has 1 fully saturated rings. The van der Waals surface area contributed by atoms with Crippen LogP contribution in [-0.4, -0.2) is 56.6 Å². The van der Waals surface area contributed by atoms with Gasteiger partial charge in [-0.25, -0.2) is 9.50 Å². The average molecular weight is 389 g/mol. The molecule has 3 N–H and O–H groups in total. The van der Waals surface area contributed by atoms with Crippen LogP contribution in [0.5, 0.6) is 0 Å². The Morgan fingerprint density at radius 2 is 2.25 bits per heavy atom. The molecular formula is C17H19N5O6. The molecule has 0 aliphatic carbocycles. The summed E-state index contributed by atoms with van der Waals surface area (Å²) in [6, 6.07) is 5.04. The van der Waals surface area contributed by atoms with Gasteiger partial charge >= 0.3 is 11.9 Å². The van der Waals surface area contributed by atoms with E-state index in [0.717, 1.165) is 0 Å². The molecule has 28 heavy (non-hydrogen) atoms. The minimum atomic E-state index is -1.93. The van der Waals surface area contributed by atoms with E-state index in [9.17, 15) is 20.0 Å². The average Bonchev–Trinajstić information content (AvgIpc) is 3.22. The number of ether oxygens (including phenoxy) is 3. The number of nitrogen functional groups attached to an aromatic ring is 1. The van der Waals surface area contributed by atoms with Crippen molar-refractivity contribution in [3.8, 4) is 6.07 Å². The summed E-state index contributed by atoms with van der Waals surface area (Å²) in [6.45, 7) is 2.48. The minimum absolute atomic E-state index is 0.0564. The van der Waals surface area contributed by atoms with Gasteiger partial charge in [0.1, 0.15) is 36.7 Å². The molecule has 0 spiro atoms. The maximum Gasteiger partial charge on any atom is 0.305 e. The van der Waals surface area contributed by atoms with E-state index in [4.69, 9.17) is 19.9 Å². The Morgan fingerprint density at radius 1 is 1.50 bits per heavy atom. The smallest absolute Gasteiger partial charge is 0.305 e. The lowest BCUT2D eigenvalue weighted by Gasteiger charge is -2.24. The number of nitrogens with zero attached hydrogens (tertiary/aromatic N) is 4. The largest absolute Gasteiger partial charge is 0.463 e. The minimum Gasteiger partial charge on any atom is -0.463 e. The normalized spacial score (nSPS) is 26.7. The zero-order valence-electron chi connectivity index (χ0n) is 15.2. The van der Waals surface area contributed by atoms with Crippen LogP contribution in [0.2, 0.25) is 0 Å². The molecule has 11 nitrogen and oxygen atoms in total. The molecule has 0 aromatic carbocycles. The van der Waals surface area contributed by atoms with Crippen molar-refractivity contribution in [2.24, 2.45) is 0 Å². The number of anilines is 1. The lowest BCUT2D eigenvalue weighted by atomic mass is 9.92. The summed E-state index contributed by atoms with van der Waals surface area (Å²) < 4.78 is 17.4. The number of nitriles is 1. The van der Waals surface area contributed by atoms with E-state index in [0.29, 0.717) is 5.52 Å². The summed E-state index contributed by atoms with van der Waals surface area (Å²) in [5, 5.41) is 24.9. The fourth-order valence-electron chi connectivity index (χ4n) is 3.11. The highest BCUT2D eigenvalue weighted by Crippen LogP contribution is 2.41. The lowest BCUT2D eigenvalue weighted by Crippen LogP contribution is -2.43. The summed E-state index contributed by atoms with van der Waals surface area (Å²) in [5.74, 6) is -1.00. The van der Waals surface area contributed by atoms with E-state index < -0.39 is 35.9 Å². The molecule has 4 atom stereocenters. The molecule has 0 saturated carbocycles. The summed E-state index contributed by atoms with van der Waals surface area (Å²) in [4.78, 5) is 26.9. The van der Waals surface area contributed by atoms with Gasteiger partial charge in [-0.05, 0) is 12.1 Å². The van der Waals surface area contributed by atoms with Crippen molar-refractivity contribution < 1.29 is 28.9 Å². The molecule has 1 aliphatic heterocycles. The highest BCUT2D eigenvalue weighted by molar-refractivity contribution is 5.69. The Morgan fingerprint density at radius 3 is 2.89 bits per heavy atom. The van der Waals surface area contributed by atoms with Crippen LogP contribution >= 0.6 is 0 Å². The zero-order valence-corrected chi connectivity index (χ0v) is 15.2. The molecule has 0 unspecified atom stereocenters. The number of nitrogens with two attached hydrogens (primary N) is 1. The summed E-state index contributed by atoms with van der Waals surface area (Å²) in [6.07, 6.45) is -2.60. The van der Waals surface area contributed by atoms with Gasteiger partial charge in [0.2, 0.25) is 5.60 Å². The van der Waals surface area contributed by atoms with Crippen LogP contribution in [-0.2, 0) is 29.4 Å². The van der Waals surface area contributed by atoms with Gasteiger partial charge in [-0.3, -0.25) is 9.59 Å². The number of rotatable bonds is 5. The first-order chi connectivity index (χ1) is 13.3. The van der Waals surface area contributed by atoms with Crippen molar-refractivity contribution >= 4 is 23.3 Å². The third-order valence-corrected chi connectivity index (χ3v) is 4.47. The molecule has 1 aliphatic rings. The third kappa shape index (κ3) is 3.12. The SMILES string of the molecule is CCC(=O)O[C@H]1[C@@H](O)[C@](C#N)(c2ccc3c(N)ncnn23)O[C@@H]1COC(C)=O. The van der Waals surface area contributed by atoms with Crippen molar-refractivity contribution in [3.05, 3.63) is 24.2 Å². The zero-order chi connectivity index (χ0) is 20.5. The number of hydrogen-bond donors (Lipinski definition) is 2. The first kappa shape index (κ1) is 19.5. The molecule has 11 heteroatoms. The van der Waals surface area contributed by atoms with Crippen molar-refractivity contribution in [2.75, 3.05) is 12.3 Å². The van der Waals surface area contributed by atoms with Crippen LogP contribution in [0.1, 0.15) is 26.0 Å². The number of aromatic nitrogens is 3. The van der Waals surface area contributed by atoms with E-state index in [-0.39, 0.29) is 24.5 Å². The fraction of sp³-hybridized carbons (Fsp3) is 0.471. The van der Waals surface area contributed by atoms with Crippen LogP contribution < -0.4 is 5.73 Å². The van der Waals surface area contributed by atoms with E-state index in [1.54, 1.807) is 13.0 Å². The van der Waals surface area contributed by atoms with Crippen LogP contribution in [0.4, 0.5) is 5.82 Å². The lowest BCUT2D eigenvalue weighted by molar-refractivity contribution is -0.159. The predicted molar refractivity (Wildman–Crippen MR) is 92.4 cm³/mol. The van der Waals surface area contributed by atoms with Crippen LogP contribution in [0.25, 0.3) is 5.52 Å². The molecule has 148 valence electrons. The molecule has 2 aromatic heterocycles. The molecular weight excluding hydrogens is 370 g/mol. The molecule has 0 bridgehead atoms. The molecule has 3 rings (SSSR count). The highest BCUT2D eigenvalue weighted by Gasteiger charge is 2.59. The summed E-state index contributed by atoms with van der Waals surface area (Å²) >= 11 is 0. The maximum atomic E-state index is 11.8. The van der Waals surface area contributed by atoms with Crippen molar-refractivity contribution in [3.63, 3.8) is 0 Å². The number of hydrogen-bond acceptors (Lipinski definition) is 10. The summed E-state index contributed by atoms with van der Waals surface area (Å²) in [7, 11) is 0.